The predicted octanol–water partition coefficient (Wildman–Crippen LogP) is 2.03. The van der Waals surface area contributed by atoms with Gasteiger partial charge in [-0.15, -0.1) is 0 Å². The minimum absolute atomic E-state index is 0.279. The van der Waals surface area contributed by atoms with Crippen molar-refractivity contribution in [2.45, 2.75) is 20.0 Å². The van der Waals surface area contributed by atoms with Crippen molar-refractivity contribution in [2.75, 3.05) is 11.9 Å². The molecule has 2 N–H and O–H groups in total. The molecule has 1 atom stereocenters. The Morgan fingerprint density at radius 3 is 2.72 bits per heavy atom. The van der Waals surface area contributed by atoms with E-state index in [2.05, 4.69) is 27.9 Å². The number of halogens is 1. The van der Waals surface area contributed by atoms with Crippen molar-refractivity contribution in [1.29, 1.82) is 0 Å². The molecule has 18 heavy (non-hydrogen) atoms. The van der Waals surface area contributed by atoms with Gasteiger partial charge in [-0.25, -0.2) is 4.79 Å². The maximum absolute atomic E-state index is 11.5. The average Bonchev–Trinajstić information content (AvgIpc) is 2.29. The number of nitrogens with one attached hydrogen (secondary N) is 1. The first-order valence-corrected chi connectivity index (χ1v) is 6.38. The SMILES string of the molecule is Cc1cc(I)ccc1NC(=O)COC(C)C(=O)O. The van der Waals surface area contributed by atoms with E-state index in [1.54, 1.807) is 6.07 Å². The lowest BCUT2D eigenvalue weighted by molar-refractivity contribution is -0.150. The zero-order chi connectivity index (χ0) is 13.7. The maximum atomic E-state index is 11.5. The Balaban J connectivity index is 2.52. The summed E-state index contributed by atoms with van der Waals surface area (Å²) in [7, 11) is 0. The Bertz CT molecular complexity index is 461. The van der Waals surface area contributed by atoms with Crippen molar-refractivity contribution in [3.63, 3.8) is 0 Å². The van der Waals surface area contributed by atoms with E-state index in [9.17, 15) is 9.59 Å². The van der Waals surface area contributed by atoms with Crippen LogP contribution in [0.4, 0.5) is 5.69 Å². The van der Waals surface area contributed by atoms with Crippen molar-refractivity contribution in [1.82, 2.24) is 0 Å². The number of hydrogen-bond acceptors (Lipinski definition) is 3. The highest BCUT2D eigenvalue weighted by atomic mass is 127. The topological polar surface area (TPSA) is 75.6 Å². The molecule has 5 nitrogen and oxygen atoms in total. The van der Waals surface area contributed by atoms with Gasteiger partial charge in [0.25, 0.3) is 0 Å². The lowest BCUT2D eigenvalue weighted by Gasteiger charge is -2.10. The Kier molecular flexibility index (Phi) is 5.54. The zero-order valence-corrected chi connectivity index (χ0v) is 12.2. The second-order valence-corrected chi connectivity index (χ2v) is 5.04. The van der Waals surface area contributed by atoms with Crippen LogP contribution in [0.25, 0.3) is 0 Å². The fourth-order valence-corrected chi connectivity index (χ4v) is 1.87. The summed E-state index contributed by atoms with van der Waals surface area (Å²) in [6.07, 6.45) is -0.992. The molecular weight excluding hydrogens is 349 g/mol. The molecule has 98 valence electrons. The number of carboxylic acid groups (broad SMARTS) is 1. The summed E-state index contributed by atoms with van der Waals surface area (Å²) in [5.41, 5.74) is 1.65. The minimum Gasteiger partial charge on any atom is -0.479 e. The third kappa shape index (κ3) is 4.61. The van der Waals surface area contributed by atoms with Gasteiger partial charge in [0, 0.05) is 9.26 Å². The van der Waals surface area contributed by atoms with Gasteiger partial charge in [0.2, 0.25) is 5.91 Å². The third-order valence-corrected chi connectivity index (χ3v) is 2.95. The molecule has 1 aromatic rings. The highest BCUT2D eigenvalue weighted by molar-refractivity contribution is 14.1. The molecule has 0 aliphatic rings. The number of amides is 1. The molecule has 1 aromatic carbocycles. The third-order valence-electron chi connectivity index (χ3n) is 2.27. The Labute approximate surface area is 119 Å². The molecule has 0 heterocycles. The van der Waals surface area contributed by atoms with Crippen molar-refractivity contribution in [2.24, 2.45) is 0 Å². The molecule has 0 bridgehead atoms. The first-order valence-electron chi connectivity index (χ1n) is 5.30. The highest BCUT2D eigenvalue weighted by Crippen LogP contribution is 2.17. The monoisotopic (exact) mass is 363 g/mol. The lowest BCUT2D eigenvalue weighted by atomic mass is 10.2. The standard InChI is InChI=1S/C12H14INO4/c1-7-5-9(13)3-4-10(7)14-11(15)6-18-8(2)12(16)17/h3-5,8H,6H2,1-2H3,(H,14,15)(H,16,17). The van der Waals surface area contributed by atoms with E-state index in [1.807, 2.05) is 19.1 Å². The van der Waals surface area contributed by atoms with E-state index < -0.39 is 12.1 Å². The number of rotatable bonds is 5. The van der Waals surface area contributed by atoms with E-state index in [0.717, 1.165) is 9.13 Å². The van der Waals surface area contributed by atoms with E-state index in [4.69, 9.17) is 9.84 Å². The van der Waals surface area contributed by atoms with E-state index in [0.29, 0.717) is 5.69 Å². The number of carbonyl (C=O) groups is 2. The van der Waals surface area contributed by atoms with E-state index in [-0.39, 0.29) is 12.5 Å². The summed E-state index contributed by atoms with van der Waals surface area (Å²) in [6, 6.07) is 5.62. The Hall–Kier alpha value is -1.15. The van der Waals surface area contributed by atoms with Crippen LogP contribution in [0.2, 0.25) is 0 Å². The second-order valence-electron chi connectivity index (χ2n) is 3.80. The predicted molar refractivity (Wildman–Crippen MR) is 75.6 cm³/mol. The molecule has 1 amide bonds. The summed E-state index contributed by atoms with van der Waals surface area (Å²) in [6.45, 7) is 2.99. The van der Waals surface area contributed by atoms with E-state index in [1.165, 1.54) is 6.92 Å². The van der Waals surface area contributed by atoms with Crippen LogP contribution in [0.15, 0.2) is 18.2 Å². The van der Waals surface area contributed by atoms with Crippen LogP contribution in [0.3, 0.4) is 0 Å². The summed E-state index contributed by atoms with van der Waals surface area (Å²) >= 11 is 2.19. The molecule has 0 aliphatic heterocycles. The number of aryl methyl sites for hydroxylation is 1. The first kappa shape index (κ1) is 14.9. The average molecular weight is 363 g/mol. The van der Waals surface area contributed by atoms with Crippen LogP contribution < -0.4 is 5.32 Å². The fourth-order valence-electron chi connectivity index (χ4n) is 1.23. The molecule has 0 aliphatic carbocycles. The maximum Gasteiger partial charge on any atom is 0.332 e. The van der Waals surface area contributed by atoms with Crippen LogP contribution in [-0.4, -0.2) is 29.7 Å². The molecule has 0 aromatic heterocycles. The van der Waals surface area contributed by atoms with Gasteiger partial charge in [-0.05, 0) is 60.2 Å². The van der Waals surface area contributed by atoms with Gasteiger partial charge >= 0.3 is 5.97 Å². The molecule has 0 saturated heterocycles. The van der Waals surface area contributed by atoms with Gasteiger partial charge in [0.05, 0.1) is 0 Å². The minimum atomic E-state index is -1.09. The van der Waals surface area contributed by atoms with Crippen LogP contribution >= 0.6 is 22.6 Å². The van der Waals surface area contributed by atoms with Gasteiger partial charge in [-0.1, -0.05) is 0 Å². The van der Waals surface area contributed by atoms with Crippen molar-refractivity contribution >= 4 is 40.2 Å². The smallest absolute Gasteiger partial charge is 0.332 e. The normalized spacial score (nSPS) is 11.9. The second kappa shape index (κ2) is 6.69. The number of benzene rings is 1. The largest absolute Gasteiger partial charge is 0.479 e. The molecule has 1 unspecified atom stereocenters. The highest BCUT2D eigenvalue weighted by Gasteiger charge is 2.13. The van der Waals surface area contributed by atoms with E-state index >= 15 is 0 Å². The number of anilines is 1. The van der Waals surface area contributed by atoms with Crippen LogP contribution in [-0.2, 0) is 14.3 Å². The molecule has 0 spiro atoms. The summed E-state index contributed by atoms with van der Waals surface area (Å²) in [5.74, 6) is -1.46. The number of aliphatic carboxylic acids is 1. The van der Waals surface area contributed by atoms with Gasteiger partial charge in [-0.3, -0.25) is 4.79 Å². The van der Waals surface area contributed by atoms with Gasteiger partial charge in [0.1, 0.15) is 6.61 Å². The molecule has 6 heteroatoms. The summed E-state index contributed by atoms with van der Waals surface area (Å²) in [5, 5.41) is 11.3. The van der Waals surface area contributed by atoms with Crippen molar-refractivity contribution < 1.29 is 19.4 Å². The quantitative estimate of drug-likeness (QED) is 0.785. The first-order chi connectivity index (χ1) is 8.40. The molecule has 0 saturated carbocycles. The number of carbonyl (C=O) groups excluding carboxylic acids is 1. The van der Waals surface area contributed by atoms with Gasteiger partial charge in [-0.2, -0.15) is 0 Å². The lowest BCUT2D eigenvalue weighted by Crippen LogP contribution is -2.26. The van der Waals surface area contributed by atoms with Gasteiger partial charge in [0.15, 0.2) is 6.10 Å². The zero-order valence-electron chi connectivity index (χ0n) is 10.1. The molecule has 0 radical (unpaired) electrons. The van der Waals surface area contributed by atoms with Crippen molar-refractivity contribution in [3.8, 4) is 0 Å². The van der Waals surface area contributed by atoms with Crippen molar-refractivity contribution in [3.05, 3.63) is 27.3 Å². The van der Waals surface area contributed by atoms with Gasteiger partial charge < -0.3 is 15.2 Å². The fraction of sp³-hybridized carbons (Fsp3) is 0.333. The molecule has 0 fully saturated rings. The number of ether oxygens (including phenoxy) is 1. The summed E-state index contributed by atoms with van der Waals surface area (Å²) < 4.78 is 5.97. The summed E-state index contributed by atoms with van der Waals surface area (Å²) in [4.78, 5) is 22.0. The number of carboxylic acids is 1. The molecular formula is C12H14INO4. The Morgan fingerprint density at radius 1 is 1.50 bits per heavy atom. The van der Waals surface area contributed by atoms with Crippen LogP contribution in [0.1, 0.15) is 12.5 Å². The van der Waals surface area contributed by atoms with Crippen LogP contribution in [0.5, 0.6) is 0 Å². The Morgan fingerprint density at radius 2 is 2.17 bits per heavy atom. The number of hydrogen-bond donors (Lipinski definition) is 2. The molecule has 1 rings (SSSR count). The van der Waals surface area contributed by atoms with Crippen LogP contribution in [0, 0.1) is 10.5 Å².